The fourth-order valence-corrected chi connectivity index (χ4v) is 3.44. The second-order valence-electron chi connectivity index (χ2n) is 4.69. The van der Waals surface area contributed by atoms with Gasteiger partial charge in [0.2, 0.25) is 0 Å². The van der Waals surface area contributed by atoms with Gasteiger partial charge in [-0.05, 0) is 13.0 Å². The average Bonchev–Trinajstić information content (AvgIpc) is 2.18. The Labute approximate surface area is 261 Å². The summed E-state index contributed by atoms with van der Waals surface area (Å²) in [6.45, 7) is 2.27. The summed E-state index contributed by atoms with van der Waals surface area (Å²) in [6, 6.07) is 0. The number of rotatable bonds is 11. The molecule has 0 spiro atoms. The SMILES string of the molecule is CCCCCCCCN(CP(=O)([O-])[O-])CP(=O)([O-])O.[K+].[K+].[K+]. The minimum atomic E-state index is -4.82. The van der Waals surface area contributed by atoms with Crippen LogP contribution in [0.1, 0.15) is 45.4 Å². The van der Waals surface area contributed by atoms with E-state index in [0.29, 0.717) is 6.42 Å². The molecule has 0 radical (unpaired) electrons. The molecule has 1 N–H and O–H groups in total. The van der Waals surface area contributed by atoms with Crippen LogP contribution in [-0.2, 0) is 9.13 Å². The van der Waals surface area contributed by atoms with Crippen LogP contribution in [0.5, 0.6) is 0 Å². The maximum atomic E-state index is 10.7. The molecular formula is C10H22K3NO6P2. The van der Waals surface area contributed by atoms with Crippen molar-refractivity contribution in [3.05, 3.63) is 0 Å². The van der Waals surface area contributed by atoms with Gasteiger partial charge in [0, 0.05) is 6.29 Å². The van der Waals surface area contributed by atoms with E-state index in [-0.39, 0.29) is 161 Å². The van der Waals surface area contributed by atoms with Gasteiger partial charge < -0.3 is 28.7 Å². The minimum absolute atomic E-state index is 0. The van der Waals surface area contributed by atoms with E-state index < -0.39 is 27.8 Å². The molecule has 0 saturated carbocycles. The zero-order valence-corrected chi connectivity index (χ0v) is 25.4. The van der Waals surface area contributed by atoms with E-state index in [1.807, 2.05) is 0 Å². The molecule has 0 aromatic rings. The first-order valence-electron chi connectivity index (χ1n) is 6.40. The summed E-state index contributed by atoms with van der Waals surface area (Å²) in [7, 11) is -9.42. The van der Waals surface area contributed by atoms with Crippen LogP contribution >= 0.6 is 15.2 Å². The quantitative estimate of drug-likeness (QED) is 0.196. The van der Waals surface area contributed by atoms with Gasteiger partial charge in [-0.2, -0.15) is 0 Å². The van der Waals surface area contributed by atoms with E-state index >= 15 is 0 Å². The van der Waals surface area contributed by atoms with Gasteiger partial charge in [0.25, 0.3) is 0 Å². The first-order chi connectivity index (χ1) is 8.64. The third-order valence-electron chi connectivity index (χ3n) is 2.58. The molecule has 0 rings (SSSR count). The van der Waals surface area contributed by atoms with Crippen LogP contribution in [-0.4, -0.2) is 28.9 Å². The standard InChI is InChI=1S/C10H25NO6P2.3K/c1-2-3-4-5-6-7-8-11(9-18(12,13)14)10-19(15,16)17;;;/h2-10H2,1H3,(H2,12,13,14)(H2,15,16,17);;;/q;3*+1/p-3. The van der Waals surface area contributed by atoms with Crippen molar-refractivity contribution in [2.75, 3.05) is 19.1 Å². The monoisotopic (exact) mass is 431 g/mol. The van der Waals surface area contributed by atoms with Crippen molar-refractivity contribution >= 4 is 15.2 Å². The third kappa shape index (κ3) is 27.4. The van der Waals surface area contributed by atoms with E-state index in [9.17, 15) is 23.8 Å². The van der Waals surface area contributed by atoms with Gasteiger partial charge in [0.1, 0.15) is 7.60 Å². The van der Waals surface area contributed by atoms with Crippen LogP contribution in [0.25, 0.3) is 0 Å². The van der Waals surface area contributed by atoms with Crippen LogP contribution in [0.3, 0.4) is 0 Å². The fraction of sp³-hybridized carbons (Fsp3) is 1.00. The van der Waals surface area contributed by atoms with Crippen molar-refractivity contribution in [3.8, 4) is 0 Å². The number of hydrogen-bond donors (Lipinski definition) is 1. The smallest absolute Gasteiger partial charge is 0.810 e. The second-order valence-corrected chi connectivity index (χ2v) is 7.76. The van der Waals surface area contributed by atoms with Crippen molar-refractivity contribution in [2.24, 2.45) is 0 Å². The van der Waals surface area contributed by atoms with Crippen LogP contribution in [0.15, 0.2) is 0 Å². The fourth-order valence-electron chi connectivity index (χ4n) is 1.80. The van der Waals surface area contributed by atoms with Crippen LogP contribution < -0.4 is 169 Å². The van der Waals surface area contributed by atoms with Gasteiger partial charge in [0.05, 0.1) is 6.29 Å². The van der Waals surface area contributed by atoms with Crippen LogP contribution in [0.2, 0.25) is 0 Å². The second kappa shape index (κ2) is 19.5. The van der Waals surface area contributed by atoms with Crippen molar-refractivity contribution in [3.63, 3.8) is 0 Å². The van der Waals surface area contributed by atoms with Gasteiger partial charge in [-0.15, -0.1) is 0 Å². The summed E-state index contributed by atoms with van der Waals surface area (Å²) >= 11 is 0. The topological polar surface area (TPSA) is 127 Å². The Kier molecular flexibility index (Phi) is 30.7. The summed E-state index contributed by atoms with van der Waals surface area (Å²) in [6.07, 6.45) is 4.10. The molecule has 0 saturated heterocycles. The maximum Gasteiger partial charge on any atom is 1.00 e. The summed E-state index contributed by atoms with van der Waals surface area (Å²) in [4.78, 5) is 41.8. The maximum absolute atomic E-state index is 10.7. The molecular weight excluding hydrogens is 409 g/mol. The molecule has 0 heterocycles. The molecule has 0 aliphatic heterocycles. The number of nitrogens with zero attached hydrogens (tertiary/aromatic N) is 1. The molecule has 1 atom stereocenters. The predicted octanol–water partition coefficient (Wildman–Crippen LogP) is -8.96. The van der Waals surface area contributed by atoms with Crippen molar-refractivity contribution < 1.29 is 183 Å². The molecule has 0 aromatic carbocycles. The minimum Gasteiger partial charge on any atom is -0.810 e. The van der Waals surface area contributed by atoms with Crippen LogP contribution in [0.4, 0.5) is 0 Å². The van der Waals surface area contributed by atoms with Crippen molar-refractivity contribution in [1.29, 1.82) is 0 Å². The molecule has 7 nitrogen and oxygen atoms in total. The van der Waals surface area contributed by atoms with E-state index in [4.69, 9.17) is 4.89 Å². The predicted molar refractivity (Wildman–Crippen MR) is 67.2 cm³/mol. The van der Waals surface area contributed by atoms with E-state index in [2.05, 4.69) is 6.92 Å². The Bertz CT molecular complexity index is 315. The Balaban J connectivity index is -0.000000540. The van der Waals surface area contributed by atoms with E-state index in [1.54, 1.807) is 0 Å². The van der Waals surface area contributed by atoms with Gasteiger partial charge >= 0.3 is 154 Å². The molecule has 0 aliphatic rings. The molecule has 116 valence electrons. The molecule has 0 amide bonds. The first kappa shape index (κ1) is 34.7. The van der Waals surface area contributed by atoms with Gasteiger partial charge in [-0.1, -0.05) is 46.6 Å². The van der Waals surface area contributed by atoms with Gasteiger partial charge in [0.15, 0.2) is 0 Å². The summed E-state index contributed by atoms with van der Waals surface area (Å²) in [5, 5.41) is 0. The van der Waals surface area contributed by atoms with E-state index in [1.165, 1.54) is 0 Å². The Hall–Kier alpha value is 5.17. The van der Waals surface area contributed by atoms with E-state index in [0.717, 1.165) is 37.0 Å². The summed E-state index contributed by atoms with van der Waals surface area (Å²) in [5.74, 6) is 0. The molecule has 0 aromatic heterocycles. The number of unbranched alkanes of at least 4 members (excludes halogenated alkanes) is 5. The molecule has 22 heavy (non-hydrogen) atoms. The summed E-state index contributed by atoms with van der Waals surface area (Å²) < 4.78 is 21.4. The van der Waals surface area contributed by atoms with Crippen molar-refractivity contribution in [1.82, 2.24) is 4.90 Å². The Morgan fingerprint density at radius 2 is 1.32 bits per heavy atom. The molecule has 1 unspecified atom stereocenters. The molecule has 0 aliphatic carbocycles. The van der Waals surface area contributed by atoms with Crippen LogP contribution in [0, 0.1) is 0 Å². The molecule has 0 fully saturated rings. The first-order valence-corrected chi connectivity index (χ1v) is 9.89. The zero-order chi connectivity index (χ0) is 14.9. The van der Waals surface area contributed by atoms with Gasteiger partial charge in [-0.3, -0.25) is 4.90 Å². The normalized spacial score (nSPS) is 13.5. The molecule has 0 bridgehead atoms. The van der Waals surface area contributed by atoms with Gasteiger partial charge in [-0.25, -0.2) is 0 Å². The Morgan fingerprint density at radius 1 is 0.864 bits per heavy atom. The molecule has 12 heteroatoms. The third-order valence-corrected chi connectivity index (χ3v) is 4.08. The zero-order valence-electron chi connectivity index (χ0n) is 14.2. The summed E-state index contributed by atoms with van der Waals surface area (Å²) in [5.41, 5.74) is 0. The average molecular weight is 432 g/mol. The number of hydrogen-bond acceptors (Lipinski definition) is 6. The Morgan fingerprint density at radius 3 is 1.73 bits per heavy atom. The largest absolute Gasteiger partial charge is 1.00 e. The van der Waals surface area contributed by atoms with Crippen molar-refractivity contribution in [2.45, 2.75) is 45.4 Å².